The average molecular weight is 338 g/mol. The van der Waals surface area contributed by atoms with Crippen LogP contribution in [0.3, 0.4) is 0 Å². The number of carbonyl (C=O) groups is 3. The summed E-state index contributed by atoms with van der Waals surface area (Å²) in [4.78, 5) is 35.2. The minimum Gasteiger partial charge on any atom is -0.467 e. The molecule has 1 rings (SSSR count). The van der Waals surface area contributed by atoms with Gasteiger partial charge in [0.25, 0.3) is 0 Å². The number of ether oxygens (including phenoxy) is 2. The van der Waals surface area contributed by atoms with Crippen LogP contribution in [0.2, 0.25) is 0 Å². The zero-order valence-electron chi connectivity index (χ0n) is 13.8. The van der Waals surface area contributed by atoms with E-state index in [1.54, 1.807) is 24.3 Å². The van der Waals surface area contributed by atoms with E-state index in [2.05, 4.69) is 15.4 Å². The molecule has 0 aliphatic heterocycles. The van der Waals surface area contributed by atoms with E-state index in [1.165, 1.54) is 21.0 Å². The number of alkyl carbamates (subject to hydrolysis) is 1. The smallest absolute Gasteiger partial charge is 0.408 e. The van der Waals surface area contributed by atoms with Gasteiger partial charge in [0.15, 0.2) is 0 Å². The predicted molar refractivity (Wildman–Crippen MR) is 84.9 cm³/mol. The highest BCUT2D eigenvalue weighted by atomic mass is 16.5. The van der Waals surface area contributed by atoms with Crippen molar-refractivity contribution in [3.8, 4) is 0 Å². The van der Waals surface area contributed by atoms with Crippen molar-refractivity contribution in [2.24, 2.45) is 0 Å². The molecule has 0 fully saturated rings. The first kappa shape index (κ1) is 19.4. The van der Waals surface area contributed by atoms with Gasteiger partial charge in [-0.25, -0.2) is 9.59 Å². The second-order valence-electron chi connectivity index (χ2n) is 5.18. The van der Waals surface area contributed by atoms with Gasteiger partial charge in [0.05, 0.1) is 13.2 Å². The zero-order chi connectivity index (χ0) is 18.1. The molecule has 0 radical (unpaired) electrons. The molecule has 8 nitrogen and oxygen atoms in total. The van der Waals surface area contributed by atoms with Crippen molar-refractivity contribution in [2.45, 2.75) is 38.6 Å². The van der Waals surface area contributed by atoms with Crippen LogP contribution in [0.15, 0.2) is 30.3 Å². The number of amides is 2. The van der Waals surface area contributed by atoms with Crippen molar-refractivity contribution in [3.05, 3.63) is 35.9 Å². The van der Waals surface area contributed by atoms with Crippen LogP contribution >= 0.6 is 0 Å². The molecule has 2 amide bonds. The van der Waals surface area contributed by atoms with Crippen LogP contribution in [0.4, 0.5) is 4.79 Å². The maximum Gasteiger partial charge on any atom is 0.408 e. The molecule has 24 heavy (non-hydrogen) atoms. The summed E-state index contributed by atoms with van der Waals surface area (Å²) in [6, 6.07) is 6.83. The number of benzene rings is 1. The molecule has 0 aliphatic rings. The summed E-state index contributed by atoms with van der Waals surface area (Å²) in [7, 11) is 1.19. The predicted octanol–water partition coefficient (Wildman–Crippen LogP) is 0.340. The number of rotatable bonds is 7. The van der Waals surface area contributed by atoms with Crippen LogP contribution < -0.4 is 10.6 Å². The highest BCUT2D eigenvalue weighted by Crippen LogP contribution is 2.02. The zero-order valence-corrected chi connectivity index (χ0v) is 13.8. The number of hydrogen-bond donors (Lipinski definition) is 3. The molecule has 0 aliphatic carbocycles. The molecule has 0 aromatic heterocycles. The molecule has 3 atom stereocenters. The first-order valence-corrected chi connectivity index (χ1v) is 7.38. The molecule has 1 aromatic rings. The van der Waals surface area contributed by atoms with E-state index < -0.39 is 36.2 Å². The molecular weight excluding hydrogens is 316 g/mol. The van der Waals surface area contributed by atoms with Gasteiger partial charge >= 0.3 is 12.1 Å². The van der Waals surface area contributed by atoms with Crippen molar-refractivity contribution in [2.75, 3.05) is 7.11 Å². The molecular formula is C16H22N2O6. The number of carbonyl (C=O) groups excluding carboxylic acids is 3. The standard InChI is InChI=1S/C16H22N2O6/c1-10(15(21)23-3)17-14(20)13(11(2)19)18-16(22)24-9-12-7-5-4-6-8-12/h4-8,10-11,13,19H,9H2,1-3H3,(H,17,20)(H,18,22)/t10-,11?,13-/m0/s1. The fourth-order valence-electron chi connectivity index (χ4n) is 1.84. The summed E-state index contributed by atoms with van der Waals surface area (Å²) in [5.74, 6) is -1.36. The normalized spacial score (nSPS) is 14.0. The third-order valence-corrected chi connectivity index (χ3v) is 3.16. The van der Waals surface area contributed by atoms with Gasteiger partial charge in [-0.2, -0.15) is 0 Å². The lowest BCUT2D eigenvalue weighted by atomic mass is 10.1. The molecule has 132 valence electrons. The van der Waals surface area contributed by atoms with E-state index in [9.17, 15) is 19.5 Å². The number of aliphatic hydroxyl groups is 1. The van der Waals surface area contributed by atoms with Gasteiger partial charge in [-0.05, 0) is 19.4 Å². The fraction of sp³-hybridized carbons (Fsp3) is 0.438. The average Bonchev–Trinajstić information content (AvgIpc) is 2.57. The van der Waals surface area contributed by atoms with Crippen LogP contribution in [0, 0.1) is 0 Å². The number of methoxy groups -OCH3 is 1. The second kappa shape index (κ2) is 9.51. The Balaban J connectivity index is 2.56. The molecule has 8 heteroatoms. The Morgan fingerprint density at radius 1 is 1.12 bits per heavy atom. The summed E-state index contributed by atoms with van der Waals surface area (Å²) >= 11 is 0. The fourth-order valence-corrected chi connectivity index (χ4v) is 1.84. The second-order valence-corrected chi connectivity index (χ2v) is 5.18. The molecule has 1 aromatic carbocycles. The van der Waals surface area contributed by atoms with Gasteiger partial charge in [-0.15, -0.1) is 0 Å². The van der Waals surface area contributed by atoms with Crippen molar-refractivity contribution < 1.29 is 29.0 Å². The number of hydrogen-bond acceptors (Lipinski definition) is 6. The summed E-state index contributed by atoms with van der Waals surface area (Å²) in [5, 5.41) is 14.3. The van der Waals surface area contributed by atoms with Crippen molar-refractivity contribution in [1.29, 1.82) is 0 Å². The number of esters is 1. The number of aliphatic hydroxyl groups excluding tert-OH is 1. The van der Waals surface area contributed by atoms with E-state index in [1.807, 2.05) is 6.07 Å². The lowest BCUT2D eigenvalue weighted by molar-refractivity contribution is -0.145. The van der Waals surface area contributed by atoms with Crippen molar-refractivity contribution in [1.82, 2.24) is 10.6 Å². The molecule has 3 N–H and O–H groups in total. The van der Waals surface area contributed by atoms with Gasteiger partial charge in [0.2, 0.25) is 5.91 Å². The van der Waals surface area contributed by atoms with Crippen LogP contribution in [0.1, 0.15) is 19.4 Å². The Hall–Kier alpha value is -2.61. The van der Waals surface area contributed by atoms with Crippen LogP contribution in [0.25, 0.3) is 0 Å². The molecule has 0 spiro atoms. The largest absolute Gasteiger partial charge is 0.467 e. The molecule has 0 bridgehead atoms. The summed E-state index contributed by atoms with van der Waals surface area (Å²) in [6.45, 7) is 2.79. The Labute approximate surface area is 140 Å². The summed E-state index contributed by atoms with van der Waals surface area (Å²) in [6.07, 6.45) is -2.04. The summed E-state index contributed by atoms with van der Waals surface area (Å²) < 4.78 is 9.49. The van der Waals surface area contributed by atoms with Gasteiger partial charge in [-0.1, -0.05) is 30.3 Å². The highest BCUT2D eigenvalue weighted by molar-refractivity contribution is 5.89. The van der Waals surface area contributed by atoms with E-state index >= 15 is 0 Å². The Morgan fingerprint density at radius 3 is 2.29 bits per heavy atom. The third-order valence-electron chi connectivity index (χ3n) is 3.16. The minimum absolute atomic E-state index is 0.0272. The van der Waals surface area contributed by atoms with E-state index in [0.29, 0.717) is 0 Å². The van der Waals surface area contributed by atoms with E-state index in [-0.39, 0.29) is 6.61 Å². The maximum atomic E-state index is 12.1. The Kier molecular flexibility index (Phi) is 7.70. The maximum absolute atomic E-state index is 12.1. The molecule has 0 saturated carbocycles. The van der Waals surface area contributed by atoms with Crippen LogP contribution in [0.5, 0.6) is 0 Å². The van der Waals surface area contributed by atoms with Crippen molar-refractivity contribution in [3.63, 3.8) is 0 Å². The number of nitrogens with one attached hydrogen (secondary N) is 2. The monoisotopic (exact) mass is 338 g/mol. The van der Waals surface area contributed by atoms with Gasteiger partial charge in [0, 0.05) is 0 Å². The van der Waals surface area contributed by atoms with Gasteiger partial charge in [-0.3, -0.25) is 4.79 Å². The summed E-state index contributed by atoms with van der Waals surface area (Å²) in [5.41, 5.74) is 0.782. The Bertz CT molecular complexity index is 561. The third kappa shape index (κ3) is 6.25. The lowest BCUT2D eigenvalue weighted by Gasteiger charge is -2.22. The lowest BCUT2D eigenvalue weighted by Crippen LogP contribution is -2.55. The molecule has 0 saturated heterocycles. The first-order valence-electron chi connectivity index (χ1n) is 7.38. The highest BCUT2D eigenvalue weighted by Gasteiger charge is 2.28. The topological polar surface area (TPSA) is 114 Å². The van der Waals surface area contributed by atoms with E-state index in [0.717, 1.165) is 5.56 Å². The SMILES string of the molecule is COC(=O)[C@H](C)NC(=O)[C@@H](NC(=O)OCc1ccccc1)C(C)O. The van der Waals surface area contributed by atoms with Gasteiger partial charge in [0.1, 0.15) is 18.7 Å². The van der Waals surface area contributed by atoms with E-state index in [4.69, 9.17) is 4.74 Å². The quantitative estimate of drug-likeness (QED) is 0.618. The van der Waals surface area contributed by atoms with Crippen LogP contribution in [-0.2, 0) is 25.7 Å². The minimum atomic E-state index is -1.26. The molecule has 0 heterocycles. The van der Waals surface area contributed by atoms with Gasteiger partial charge < -0.3 is 25.2 Å². The Morgan fingerprint density at radius 2 is 1.75 bits per heavy atom. The molecule has 1 unspecified atom stereocenters. The van der Waals surface area contributed by atoms with Crippen LogP contribution in [-0.4, -0.2) is 48.4 Å². The van der Waals surface area contributed by atoms with Crippen molar-refractivity contribution >= 4 is 18.0 Å². The first-order chi connectivity index (χ1) is 11.3.